The molecule has 2 heterocycles. The fourth-order valence-corrected chi connectivity index (χ4v) is 2.67. The third-order valence-electron chi connectivity index (χ3n) is 3.47. The zero-order valence-corrected chi connectivity index (χ0v) is 12.0. The van der Waals surface area contributed by atoms with E-state index in [0.717, 1.165) is 13.1 Å². The summed E-state index contributed by atoms with van der Waals surface area (Å²) >= 11 is 6.26. The number of likely N-dealkylation sites (tertiary alicyclic amines) is 1. The number of nitrogen functional groups attached to an aromatic ring is 1. The topological polar surface area (TPSA) is 69.2 Å². The molecule has 0 atom stereocenters. The van der Waals surface area contributed by atoms with Crippen molar-refractivity contribution in [3.05, 3.63) is 22.8 Å². The summed E-state index contributed by atoms with van der Waals surface area (Å²) in [5.74, 6) is 0.662. The van der Waals surface area contributed by atoms with Crippen LogP contribution in [0.25, 0.3) is 0 Å². The number of anilines is 1. The monoisotopic (exact) mass is 281 g/mol. The van der Waals surface area contributed by atoms with Crippen molar-refractivity contribution in [3.8, 4) is 0 Å². The van der Waals surface area contributed by atoms with Gasteiger partial charge in [-0.25, -0.2) is 4.98 Å². The van der Waals surface area contributed by atoms with Crippen molar-refractivity contribution < 1.29 is 0 Å². The zero-order valence-electron chi connectivity index (χ0n) is 11.2. The quantitative estimate of drug-likeness (QED) is 0.635. The van der Waals surface area contributed by atoms with E-state index >= 15 is 0 Å². The molecule has 3 N–H and O–H groups in total. The molecule has 6 heteroatoms. The molecule has 1 aliphatic rings. The van der Waals surface area contributed by atoms with Gasteiger partial charge in [0.05, 0.1) is 5.02 Å². The van der Waals surface area contributed by atoms with Crippen LogP contribution in [0.1, 0.15) is 18.4 Å². The van der Waals surface area contributed by atoms with Crippen LogP contribution in [0.2, 0.25) is 5.02 Å². The van der Waals surface area contributed by atoms with Crippen LogP contribution in [-0.4, -0.2) is 48.9 Å². The van der Waals surface area contributed by atoms with Gasteiger partial charge in [-0.2, -0.15) is 0 Å². The first-order valence-corrected chi connectivity index (χ1v) is 6.90. The Morgan fingerprint density at radius 1 is 1.53 bits per heavy atom. The maximum absolute atomic E-state index is 7.49. The van der Waals surface area contributed by atoms with Crippen molar-refractivity contribution in [3.63, 3.8) is 0 Å². The first-order chi connectivity index (χ1) is 9.09. The fraction of sp³-hybridized carbons (Fsp3) is 0.538. The van der Waals surface area contributed by atoms with Gasteiger partial charge in [0.1, 0.15) is 11.7 Å². The minimum atomic E-state index is -0.0263. The van der Waals surface area contributed by atoms with Crippen LogP contribution in [0.3, 0.4) is 0 Å². The number of hydrogen-bond acceptors (Lipinski definition) is 4. The van der Waals surface area contributed by atoms with Gasteiger partial charge in [-0.1, -0.05) is 11.6 Å². The van der Waals surface area contributed by atoms with E-state index in [4.69, 9.17) is 22.7 Å². The molecule has 0 radical (unpaired) electrons. The second kappa shape index (κ2) is 6.21. The van der Waals surface area contributed by atoms with Gasteiger partial charge in [-0.3, -0.25) is 5.41 Å². The molecule has 104 valence electrons. The van der Waals surface area contributed by atoms with Gasteiger partial charge < -0.3 is 15.5 Å². The van der Waals surface area contributed by atoms with Crippen LogP contribution in [-0.2, 0) is 0 Å². The largest absolute Gasteiger partial charge is 0.384 e. The number of nitrogens with zero attached hydrogens (tertiary/aromatic N) is 3. The summed E-state index contributed by atoms with van der Waals surface area (Å²) in [5.41, 5.74) is 6.04. The van der Waals surface area contributed by atoms with E-state index in [2.05, 4.69) is 9.88 Å². The van der Waals surface area contributed by atoms with Crippen LogP contribution < -0.4 is 10.6 Å². The summed E-state index contributed by atoms with van der Waals surface area (Å²) < 4.78 is 0. The maximum atomic E-state index is 7.49. The first-order valence-electron chi connectivity index (χ1n) is 6.52. The first kappa shape index (κ1) is 14.1. The normalized spacial score (nSPS) is 15.7. The molecule has 1 aromatic heterocycles. The molecular formula is C13H20ClN5. The van der Waals surface area contributed by atoms with Crippen LogP contribution in [0.4, 0.5) is 5.82 Å². The number of likely N-dealkylation sites (N-methyl/N-ethyl adjacent to an activating group) is 1. The van der Waals surface area contributed by atoms with E-state index in [1.807, 2.05) is 11.9 Å². The number of rotatable bonds is 5. The predicted molar refractivity (Wildman–Crippen MR) is 79.2 cm³/mol. The van der Waals surface area contributed by atoms with Crippen LogP contribution in [0.5, 0.6) is 0 Å². The highest BCUT2D eigenvalue weighted by Gasteiger charge is 2.15. The van der Waals surface area contributed by atoms with E-state index in [0.29, 0.717) is 16.4 Å². The fourth-order valence-electron chi connectivity index (χ4n) is 2.31. The molecule has 0 aliphatic carbocycles. The highest BCUT2D eigenvalue weighted by molar-refractivity contribution is 6.36. The van der Waals surface area contributed by atoms with Crippen LogP contribution in [0.15, 0.2) is 12.3 Å². The Morgan fingerprint density at radius 3 is 2.84 bits per heavy atom. The molecule has 0 saturated carbocycles. The highest BCUT2D eigenvalue weighted by atomic mass is 35.5. The average Bonchev–Trinajstić information content (AvgIpc) is 2.89. The Hall–Kier alpha value is -1.33. The number of pyridine rings is 1. The number of hydrogen-bond donors (Lipinski definition) is 2. The van der Waals surface area contributed by atoms with E-state index in [1.54, 1.807) is 12.3 Å². The third-order valence-corrected chi connectivity index (χ3v) is 3.85. The number of halogens is 1. The van der Waals surface area contributed by atoms with Crippen molar-refractivity contribution in [1.82, 2.24) is 9.88 Å². The summed E-state index contributed by atoms with van der Waals surface area (Å²) in [6, 6.07) is 1.67. The van der Waals surface area contributed by atoms with Crippen molar-refractivity contribution in [2.45, 2.75) is 12.8 Å². The van der Waals surface area contributed by atoms with E-state index in [9.17, 15) is 0 Å². The molecule has 0 bridgehead atoms. The molecular weight excluding hydrogens is 262 g/mol. The number of amidine groups is 1. The Kier molecular flexibility index (Phi) is 4.61. The minimum Gasteiger partial charge on any atom is -0.384 e. The lowest BCUT2D eigenvalue weighted by molar-refractivity contribution is 0.346. The summed E-state index contributed by atoms with van der Waals surface area (Å²) in [5, 5.41) is 7.95. The maximum Gasteiger partial charge on any atom is 0.147 e. The minimum absolute atomic E-state index is 0.0263. The van der Waals surface area contributed by atoms with Crippen molar-refractivity contribution >= 4 is 23.3 Å². The molecule has 0 spiro atoms. The van der Waals surface area contributed by atoms with Crippen molar-refractivity contribution in [2.75, 3.05) is 38.1 Å². The van der Waals surface area contributed by atoms with Crippen LogP contribution >= 0.6 is 11.6 Å². The number of nitrogens with one attached hydrogen (secondary N) is 1. The Balaban J connectivity index is 2.03. The molecule has 19 heavy (non-hydrogen) atoms. The Morgan fingerprint density at radius 2 is 2.21 bits per heavy atom. The van der Waals surface area contributed by atoms with Gasteiger partial charge in [-0.05, 0) is 32.0 Å². The van der Waals surface area contributed by atoms with E-state index < -0.39 is 0 Å². The number of aromatic nitrogens is 1. The molecule has 1 aromatic rings. The predicted octanol–water partition coefficient (Wildman–Crippen LogP) is 1.55. The van der Waals surface area contributed by atoms with Gasteiger partial charge in [0.25, 0.3) is 0 Å². The lowest BCUT2D eigenvalue weighted by Gasteiger charge is -2.23. The van der Waals surface area contributed by atoms with E-state index in [1.165, 1.54) is 25.9 Å². The molecule has 0 amide bonds. The Labute approximate surface area is 118 Å². The number of nitrogens with two attached hydrogens (primary N) is 1. The second-order valence-electron chi connectivity index (χ2n) is 4.88. The lowest BCUT2D eigenvalue weighted by Crippen LogP contribution is -2.32. The second-order valence-corrected chi connectivity index (χ2v) is 5.26. The zero-order chi connectivity index (χ0) is 13.8. The lowest BCUT2D eigenvalue weighted by atomic mass is 10.2. The highest BCUT2D eigenvalue weighted by Crippen LogP contribution is 2.25. The summed E-state index contributed by atoms with van der Waals surface area (Å²) in [6.45, 7) is 4.25. The van der Waals surface area contributed by atoms with Crippen molar-refractivity contribution in [2.24, 2.45) is 5.73 Å². The third kappa shape index (κ3) is 3.36. The molecule has 1 aliphatic heterocycles. The smallest absolute Gasteiger partial charge is 0.147 e. The van der Waals surface area contributed by atoms with Crippen molar-refractivity contribution in [1.29, 1.82) is 5.41 Å². The molecule has 0 aromatic carbocycles. The molecule has 5 nitrogen and oxygen atoms in total. The van der Waals surface area contributed by atoms with Gasteiger partial charge in [-0.15, -0.1) is 0 Å². The summed E-state index contributed by atoms with van der Waals surface area (Å²) in [6.07, 6.45) is 4.23. The van der Waals surface area contributed by atoms with Gasteiger partial charge >= 0.3 is 0 Å². The molecule has 1 saturated heterocycles. The summed E-state index contributed by atoms with van der Waals surface area (Å²) in [7, 11) is 1.97. The van der Waals surface area contributed by atoms with Crippen LogP contribution in [0, 0.1) is 5.41 Å². The molecule has 1 fully saturated rings. The van der Waals surface area contributed by atoms with Gasteiger partial charge in [0.15, 0.2) is 0 Å². The van der Waals surface area contributed by atoms with E-state index in [-0.39, 0.29) is 5.84 Å². The standard InChI is InChI=1S/C13H20ClN5/c1-18(8-9-19-6-2-3-7-19)13-11(14)10(12(15)16)4-5-17-13/h4-5H,2-3,6-9H2,1H3,(H3,15,16). The van der Waals surface area contributed by atoms with Gasteiger partial charge in [0, 0.05) is 31.9 Å². The SMILES string of the molecule is CN(CCN1CCCC1)c1nccc(C(=N)N)c1Cl. The molecule has 0 unspecified atom stereocenters. The summed E-state index contributed by atoms with van der Waals surface area (Å²) in [4.78, 5) is 8.75. The average molecular weight is 282 g/mol. The molecule has 2 rings (SSSR count). The van der Waals surface area contributed by atoms with Gasteiger partial charge in [0.2, 0.25) is 0 Å². The Bertz CT molecular complexity index is 456.